The van der Waals surface area contributed by atoms with Gasteiger partial charge in [-0.05, 0) is 50.7 Å². The topological polar surface area (TPSA) is 94.8 Å². The molecule has 3 heterocycles. The van der Waals surface area contributed by atoms with Crippen molar-refractivity contribution in [2.75, 3.05) is 30.8 Å². The highest BCUT2D eigenvalue weighted by Gasteiger charge is 2.24. The van der Waals surface area contributed by atoms with Crippen LogP contribution in [0.2, 0.25) is 0 Å². The number of aromatic nitrogens is 3. The number of hydrogen-bond donors (Lipinski definition) is 3. The number of likely N-dealkylation sites (tertiary alicyclic amines) is 1. The van der Waals surface area contributed by atoms with E-state index in [9.17, 15) is 9.90 Å². The summed E-state index contributed by atoms with van der Waals surface area (Å²) >= 11 is 0. The maximum absolute atomic E-state index is 12.3. The summed E-state index contributed by atoms with van der Waals surface area (Å²) in [6, 6.07) is 9.77. The number of pyridine rings is 1. The monoisotopic (exact) mass is 366 g/mol. The summed E-state index contributed by atoms with van der Waals surface area (Å²) in [4.78, 5) is 14.6. The molecular weight excluding hydrogens is 344 g/mol. The Morgan fingerprint density at radius 3 is 2.74 bits per heavy atom. The molecule has 8 nitrogen and oxygen atoms in total. The van der Waals surface area contributed by atoms with Crippen molar-refractivity contribution in [1.82, 2.24) is 19.5 Å². The van der Waals surface area contributed by atoms with Crippen LogP contribution in [0.5, 0.6) is 5.75 Å². The van der Waals surface area contributed by atoms with Gasteiger partial charge in [-0.1, -0.05) is 12.1 Å². The Kier molecular flexibility index (Phi) is 4.64. The Balaban J connectivity index is 1.56. The number of nitrogens with zero attached hydrogens (tertiary/aromatic N) is 4. The Bertz CT molecular complexity index is 970. The van der Waals surface area contributed by atoms with Crippen molar-refractivity contribution in [3.05, 3.63) is 48.4 Å². The summed E-state index contributed by atoms with van der Waals surface area (Å²) in [5.74, 6) is 1.25. The van der Waals surface area contributed by atoms with E-state index in [0.717, 1.165) is 31.8 Å². The van der Waals surface area contributed by atoms with Gasteiger partial charge in [-0.3, -0.25) is 4.40 Å². The summed E-state index contributed by atoms with van der Waals surface area (Å²) in [6.45, 7) is 2.05. The molecular formula is C19H22N6O2. The van der Waals surface area contributed by atoms with Crippen molar-refractivity contribution in [2.24, 2.45) is 0 Å². The fraction of sp³-hybridized carbons (Fsp3) is 0.316. The average Bonchev–Trinajstić information content (AvgIpc) is 3.09. The van der Waals surface area contributed by atoms with Crippen LogP contribution in [0.1, 0.15) is 24.6 Å². The lowest BCUT2D eigenvalue weighted by atomic mass is 9.98. The molecule has 1 atom stereocenters. The molecule has 3 N–H and O–H groups in total. The first kappa shape index (κ1) is 17.3. The molecule has 1 aliphatic heterocycles. The number of phenols is 1. The quantitative estimate of drug-likeness (QED) is 0.620. The van der Waals surface area contributed by atoms with Gasteiger partial charge >= 0.3 is 6.03 Å². The second-order valence-electron chi connectivity index (χ2n) is 6.87. The van der Waals surface area contributed by atoms with E-state index in [-0.39, 0.29) is 5.75 Å². The van der Waals surface area contributed by atoms with Gasteiger partial charge in [-0.25, -0.2) is 4.79 Å². The molecule has 0 radical (unpaired) electrons. The predicted octanol–water partition coefficient (Wildman–Crippen LogP) is 2.89. The Morgan fingerprint density at radius 1 is 1.15 bits per heavy atom. The van der Waals surface area contributed by atoms with Crippen LogP contribution in [0.25, 0.3) is 5.65 Å². The number of rotatable bonds is 3. The largest absolute Gasteiger partial charge is 0.506 e. The van der Waals surface area contributed by atoms with Gasteiger partial charge in [0.2, 0.25) is 0 Å². The average molecular weight is 366 g/mol. The summed E-state index contributed by atoms with van der Waals surface area (Å²) in [7, 11) is 2.12. The first-order chi connectivity index (χ1) is 13.1. The van der Waals surface area contributed by atoms with Gasteiger partial charge in [0.15, 0.2) is 5.65 Å². The molecule has 0 saturated carbocycles. The molecule has 1 saturated heterocycles. The molecule has 1 fully saturated rings. The van der Waals surface area contributed by atoms with Crippen LogP contribution in [0.3, 0.4) is 0 Å². The van der Waals surface area contributed by atoms with E-state index < -0.39 is 6.03 Å². The molecule has 2 amide bonds. The van der Waals surface area contributed by atoms with Gasteiger partial charge in [0.1, 0.15) is 11.6 Å². The zero-order chi connectivity index (χ0) is 18.8. The van der Waals surface area contributed by atoms with Gasteiger partial charge in [-0.2, -0.15) is 0 Å². The molecule has 2 aromatic heterocycles. The van der Waals surface area contributed by atoms with E-state index in [1.807, 2.05) is 16.7 Å². The van der Waals surface area contributed by atoms with Gasteiger partial charge < -0.3 is 20.6 Å². The summed E-state index contributed by atoms with van der Waals surface area (Å²) < 4.78 is 1.94. The highest BCUT2D eigenvalue weighted by molar-refractivity contribution is 6.02. The Labute approximate surface area is 156 Å². The van der Waals surface area contributed by atoms with Crippen molar-refractivity contribution in [1.29, 1.82) is 0 Å². The van der Waals surface area contributed by atoms with Crippen LogP contribution in [0.4, 0.5) is 16.2 Å². The van der Waals surface area contributed by atoms with Crippen molar-refractivity contribution in [3.63, 3.8) is 0 Å². The molecule has 8 heteroatoms. The van der Waals surface area contributed by atoms with Crippen LogP contribution in [0.15, 0.2) is 42.6 Å². The number of aromatic hydroxyl groups is 1. The SMILES string of the molecule is CN1CCCC(c2nnc3c(NC(=O)Nc4ccccc4O)cccn23)C1. The number of carbonyl (C=O) groups excluding carboxylic acids is 1. The van der Waals surface area contributed by atoms with Gasteiger partial charge in [0, 0.05) is 18.7 Å². The van der Waals surface area contributed by atoms with Gasteiger partial charge in [-0.15, -0.1) is 10.2 Å². The number of piperidine rings is 1. The second-order valence-corrected chi connectivity index (χ2v) is 6.87. The number of carbonyl (C=O) groups is 1. The molecule has 0 spiro atoms. The number of urea groups is 1. The lowest BCUT2D eigenvalue weighted by Crippen LogP contribution is -2.31. The third-order valence-corrected chi connectivity index (χ3v) is 4.85. The fourth-order valence-electron chi connectivity index (χ4n) is 3.54. The zero-order valence-corrected chi connectivity index (χ0v) is 15.1. The third-order valence-electron chi connectivity index (χ3n) is 4.85. The highest BCUT2D eigenvalue weighted by Crippen LogP contribution is 2.27. The van der Waals surface area contributed by atoms with E-state index in [4.69, 9.17) is 0 Å². The molecule has 0 aliphatic carbocycles. The minimum Gasteiger partial charge on any atom is -0.506 e. The van der Waals surface area contributed by atoms with Crippen LogP contribution in [0, 0.1) is 0 Å². The van der Waals surface area contributed by atoms with E-state index >= 15 is 0 Å². The van der Waals surface area contributed by atoms with Crippen LogP contribution in [-0.4, -0.2) is 50.8 Å². The zero-order valence-electron chi connectivity index (χ0n) is 15.1. The first-order valence-electron chi connectivity index (χ1n) is 9.00. The van der Waals surface area contributed by atoms with Crippen molar-refractivity contribution in [2.45, 2.75) is 18.8 Å². The van der Waals surface area contributed by atoms with Crippen molar-refractivity contribution < 1.29 is 9.90 Å². The van der Waals surface area contributed by atoms with Crippen LogP contribution in [-0.2, 0) is 0 Å². The molecule has 0 bridgehead atoms. The number of fused-ring (bicyclic) bond motifs is 1. The molecule has 4 rings (SSSR count). The summed E-state index contributed by atoms with van der Waals surface area (Å²) in [5.41, 5.74) is 1.51. The lowest BCUT2D eigenvalue weighted by molar-refractivity contribution is 0.245. The van der Waals surface area contributed by atoms with E-state index in [0.29, 0.717) is 22.9 Å². The first-order valence-corrected chi connectivity index (χ1v) is 9.00. The number of nitrogens with one attached hydrogen (secondary N) is 2. The summed E-state index contributed by atoms with van der Waals surface area (Å²) in [6.07, 6.45) is 4.14. The van der Waals surface area contributed by atoms with E-state index in [2.05, 4.69) is 32.8 Å². The number of benzene rings is 1. The number of amides is 2. The molecule has 3 aromatic rings. The van der Waals surface area contributed by atoms with Gasteiger partial charge in [0.05, 0.1) is 11.4 Å². The van der Waals surface area contributed by atoms with Crippen molar-refractivity contribution >= 4 is 23.1 Å². The van der Waals surface area contributed by atoms with E-state index in [1.54, 1.807) is 24.3 Å². The predicted molar refractivity (Wildman–Crippen MR) is 103 cm³/mol. The molecule has 27 heavy (non-hydrogen) atoms. The highest BCUT2D eigenvalue weighted by atomic mass is 16.3. The van der Waals surface area contributed by atoms with E-state index in [1.165, 1.54) is 6.07 Å². The number of hydrogen-bond acceptors (Lipinski definition) is 5. The molecule has 1 aromatic carbocycles. The lowest BCUT2D eigenvalue weighted by Gasteiger charge is -2.28. The van der Waals surface area contributed by atoms with Crippen LogP contribution >= 0.6 is 0 Å². The summed E-state index contributed by atoms with van der Waals surface area (Å²) in [5, 5.41) is 23.9. The smallest absolute Gasteiger partial charge is 0.323 e. The fourth-order valence-corrected chi connectivity index (χ4v) is 3.54. The molecule has 140 valence electrons. The number of likely N-dealkylation sites (N-methyl/N-ethyl adjacent to an activating group) is 1. The number of anilines is 2. The normalized spacial score (nSPS) is 17.7. The molecule has 1 aliphatic rings. The van der Waals surface area contributed by atoms with Gasteiger partial charge in [0.25, 0.3) is 0 Å². The standard InChI is InChI=1S/C19H22N6O2/c1-24-10-4-6-13(12-24)17-22-23-18-15(8-5-11-25(17)18)21-19(27)20-14-7-2-3-9-16(14)26/h2-3,5,7-9,11,13,26H,4,6,10,12H2,1H3,(H2,20,21,27). The Hall–Kier alpha value is -3.13. The second kappa shape index (κ2) is 7.24. The minimum absolute atomic E-state index is 0.0111. The van der Waals surface area contributed by atoms with Crippen LogP contribution < -0.4 is 10.6 Å². The maximum atomic E-state index is 12.3. The van der Waals surface area contributed by atoms with Crippen molar-refractivity contribution in [3.8, 4) is 5.75 Å². The third kappa shape index (κ3) is 3.56. The Morgan fingerprint density at radius 2 is 1.93 bits per heavy atom. The minimum atomic E-state index is -0.452. The number of phenolic OH excluding ortho intramolecular Hbond substituents is 1. The maximum Gasteiger partial charge on any atom is 0.323 e. The number of para-hydroxylation sites is 2. The molecule has 1 unspecified atom stereocenters.